The standard InChI is InChI=1S/C27H51N5O7SSi2/c1-6-21-41(2,3)39-42(4,5)25-40-27-28-22-26(23-29-27)24-38-20-19-37-18-17-36-16-15-35-14-13-34-12-11-33-10-9-32-8-7-30-31-32/h7-8,22-23H,6,9-21,24-25H2,1-5H3. The monoisotopic (exact) mass is 645 g/mol. The third kappa shape index (κ3) is 19.1. The van der Waals surface area contributed by atoms with E-state index in [1.54, 1.807) is 28.8 Å². The van der Waals surface area contributed by atoms with Crippen molar-refractivity contribution < 1.29 is 32.5 Å². The highest BCUT2D eigenvalue weighted by Crippen LogP contribution is 2.25. The van der Waals surface area contributed by atoms with Gasteiger partial charge in [-0.3, -0.25) is 4.68 Å². The van der Waals surface area contributed by atoms with Crippen LogP contribution in [0.2, 0.25) is 32.2 Å². The Bertz CT molecular complexity index is 915. The molecule has 0 amide bonds. The highest BCUT2D eigenvalue weighted by atomic mass is 32.2. The van der Waals surface area contributed by atoms with Crippen LogP contribution in [0.5, 0.6) is 0 Å². The van der Waals surface area contributed by atoms with Crippen molar-refractivity contribution in [3.8, 4) is 0 Å². The first kappa shape index (κ1) is 36.9. The Kier molecular flexibility index (Phi) is 19.6. The summed E-state index contributed by atoms with van der Waals surface area (Å²) in [5.74, 6) is 0. The van der Waals surface area contributed by atoms with Gasteiger partial charge >= 0.3 is 0 Å². The van der Waals surface area contributed by atoms with E-state index in [-0.39, 0.29) is 0 Å². The van der Waals surface area contributed by atoms with Crippen LogP contribution in [0.15, 0.2) is 29.9 Å². The summed E-state index contributed by atoms with van der Waals surface area (Å²) in [6, 6.07) is 1.21. The Labute approximate surface area is 257 Å². The van der Waals surface area contributed by atoms with Gasteiger partial charge in [-0.1, -0.05) is 30.3 Å². The zero-order chi connectivity index (χ0) is 30.4. The number of ether oxygens (including phenoxy) is 6. The van der Waals surface area contributed by atoms with Gasteiger partial charge in [0.15, 0.2) is 21.8 Å². The van der Waals surface area contributed by atoms with Crippen molar-refractivity contribution in [3.63, 3.8) is 0 Å². The summed E-state index contributed by atoms with van der Waals surface area (Å²) in [5, 5.41) is 9.36. The Balaban J connectivity index is 1.34. The smallest absolute Gasteiger partial charge is 0.187 e. The van der Waals surface area contributed by atoms with Crippen molar-refractivity contribution in [2.75, 3.05) is 78.1 Å². The van der Waals surface area contributed by atoms with E-state index < -0.39 is 16.6 Å². The fourth-order valence-electron chi connectivity index (χ4n) is 3.96. The number of hydrogen-bond acceptors (Lipinski definition) is 12. The number of rotatable bonds is 27. The van der Waals surface area contributed by atoms with Gasteiger partial charge in [0.05, 0.1) is 92.0 Å². The molecule has 0 fully saturated rings. The molecule has 2 aromatic heterocycles. The van der Waals surface area contributed by atoms with E-state index in [9.17, 15) is 0 Å². The summed E-state index contributed by atoms with van der Waals surface area (Å²) < 4.78 is 41.5. The van der Waals surface area contributed by atoms with Crippen LogP contribution in [0.3, 0.4) is 0 Å². The number of nitrogens with zero attached hydrogens (tertiary/aromatic N) is 5. The molecular formula is C27H51N5O7SSi2. The largest absolute Gasteiger partial charge is 0.455 e. The van der Waals surface area contributed by atoms with Crippen molar-refractivity contribution in [1.82, 2.24) is 25.0 Å². The highest BCUT2D eigenvalue weighted by molar-refractivity contribution is 8.00. The highest BCUT2D eigenvalue weighted by Gasteiger charge is 2.32. The van der Waals surface area contributed by atoms with Crippen molar-refractivity contribution in [2.24, 2.45) is 0 Å². The fourth-order valence-corrected chi connectivity index (χ4v) is 14.5. The molecule has 0 spiro atoms. The first-order valence-corrected chi connectivity index (χ1v) is 22.0. The molecule has 0 aliphatic heterocycles. The minimum absolute atomic E-state index is 0.461. The van der Waals surface area contributed by atoms with Gasteiger partial charge in [0, 0.05) is 29.5 Å². The number of hydrogen-bond donors (Lipinski definition) is 0. The van der Waals surface area contributed by atoms with Crippen LogP contribution < -0.4 is 0 Å². The third-order valence-corrected chi connectivity index (χ3v) is 15.7. The average Bonchev–Trinajstić information content (AvgIpc) is 3.47. The van der Waals surface area contributed by atoms with Gasteiger partial charge < -0.3 is 32.5 Å². The molecule has 0 saturated heterocycles. The van der Waals surface area contributed by atoms with Crippen LogP contribution in [0.1, 0.15) is 18.9 Å². The zero-order valence-corrected chi connectivity index (χ0v) is 28.9. The molecule has 15 heteroatoms. The Morgan fingerprint density at radius 1 is 0.714 bits per heavy atom. The summed E-state index contributed by atoms with van der Waals surface area (Å²) in [6.45, 7) is 18.4. The summed E-state index contributed by atoms with van der Waals surface area (Å²) >= 11 is 1.69. The maximum absolute atomic E-state index is 6.61. The molecule has 0 atom stereocenters. The maximum Gasteiger partial charge on any atom is 0.187 e. The summed E-state index contributed by atoms with van der Waals surface area (Å²) in [7, 11) is -3.33. The van der Waals surface area contributed by atoms with Crippen LogP contribution >= 0.6 is 11.8 Å². The third-order valence-electron chi connectivity index (χ3n) is 5.70. The first-order valence-electron chi connectivity index (χ1n) is 14.7. The number of aromatic nitrogens is 5. The van der Waals surface area contributed by atoms with Crippen LogP contribution in [-0.2, 0) is 45.7 Å². The molecule has 42 heavy (non-hydrogen) atoms. The van der Waals surface area contributed by atoms with Crippen LogP contribution in [0.25, 0.3) is 0 Å². The minimum Gasteiger partial charge on any atom is -0.455 e. The quantitative estimate of drug-likeness (QED) is 0.0608. The van der Waals surface area contributed by atoms with Gasteiger partial charge in [-0.25, -0.2) is 9.97 Å². The van der Waals surface area contributed by atoms with E-state index in [4.69, 9.17) is 32.5 Å². The lowest BCUT2D eigenvalue weighted by Gasteiger charge is -2.33. The van der Waals surface area contributed by atoms with E-state index in [1.807, 2.05) is 12.4 Å². The van der Waals surface area contributed by atoms with Crippen molar-refractivity contribution in [3.05, 3.63) is 30.4 Å². The first-order chi connectivity index (χ1) is 20.3. The lowest BCUT2D eigenvalue weighted by Crippen LogP contribution is -2.46. The molecule has 0 N–H and O–H groups in total. The van der Waals surface area contributed by atoms with E-state index in [0.717, 1.165) is 16.1 Å². The molecule has 12 nitrogen and oxygen atoms in total. The van der Waals surface area contributed by atoms with Gasteiger partial charge in [-0.15, -0.1) is 5.10 Å². The second kappa shape index (κ2) is 22.3. The average molecular weight is 646 g/mol. The number of thioether (sulfide) groups is 1. The molecule has 2 heterocycles. The van der Waals surface area contributed by atoms with E-state index >= 15 is 0 Å². The molecular weight excluding hydrogens is 595 g/mol. The predicted octanol–water partition coefficient (Wildman–Crippen LogP) is 3.84. The lowest BCUT2D eigenvalue weighted by molar-refractivity contribution is -0.0180. The molecule has 0 radical (unpaired) electrons. The van der Waals surface area contributed by atoms with Gasteiger partial charge in [0.25, 0.3) is 0 Å². The Morgan fingerprint density at radius 3 is 1.74 bits per heavy atom. The lowest BCUT2D eigenvalue weighted by atomic mass is 10.4. The van der Waals surface area contributed by atoms with Crippen molar-refractivity contribution in [1.29, 1.82) is 0 Å². The maximum atomic E-state index is 6.61. The van der Waals surface area contributed by atoms with Crippen molar-refractivity contribution >= 4 is 28.4 Å². The van der Waals surface area contributed by atoms with Gasteiger partial charge in [0.1, 0.15) is 0 Å². The SMILES string of the molecule is CCC[Si](C)(C)O[Si](C)(C)CSc1ncc(COCCOCCOCCOCCOCCOCCn2ccnn2)cn1. The van der Waals surface area contributed by atoms with Crippen LogP contribution in [0, 0.1) is 0 Å². The molecule has 0 aliphatic rings. The molecule has 0 bridgehead atoms. The van der Waals surface area contributed by atoms with Gasteiger partial charge in [-0.05, 0) is 32.2 Å². The normalized spacial score (nSPS) is 12.3. The topological polar surface area (TPSA) is 121 Å². The fraction of sp³-hybridized carbons (Fsp3) is 0.778. The second-order valence-electron chi connectivity index (χ2n) is 10.8. The summed E-state index contributed by atoms with van der Waals surface area (Å²) in [6.07, 6.45) is 8.30. The molecule has 0 saturated carbocycles. The Hall–Kier alpha value is -1.28. The predicted molar refractivity (Wildman–Crippen MR) is 168 cm³/mol. The molecule has 0 aromatic carbocycles. The molecule has 240 valence electrons. The van der Waals surface area contributed by atoms with Crippen LogP contribution in [-0.4, -0.2) is 120 Å². The van der Waals surface area contributed by atoms with E-state index in [1.165, 1.54) is 12.5 Å². The van der Waals surface area contributed by atoms with Crippen LogP contribution in [0.4, 0.5) is 0 Å². The summed E-state index contributed by atoms with van der Waals surface area (Å²) in [4.78, 5) is 8.99. The van der Waals surface area contributed by atoms with E-state index in [2.05, 4.69) is 53.4 Å². The molecule has 2 aromatic rings. The van der Waals surface area contributed by atoms with Gasteiger partial charge in [0.2, 0.25) is 0 Å². The van der Waals surface area contributed by atoms with Crippen molar-refractivity contribution in [2.45, 2.75) is 63.9 Å². The molecule has 2 rings (SSSR count). The summed E-state index contributed by atoms with van der Waals surface area (Å²) in [5.41, 5.74) is 0.949. The van der Waals surface area contributed by atoms with Gasteiger partial charge in [-0.2, -0.15) is 0 Å². The van der Waals surface area contributed by atoms with E-state index in [0.29, 0.717) is 85.8 Å². The second-order valence-corrected chi connectivity index (χ2v) is 21.0. The Morgan fingerprint density at radius 2 is 1.24 bits per heavy atom. The zero-order valence-electron chi connectivity index (χ0n) is 26.1. The molecule has 0 unspecified atom stereocenters. The molecule has 0 aliphatic carbocycles. The minimum atomic E-state index is -1.76.